The lowest BCUT2D eigenvalue weighted by Gasteiger charge is -2.14. The molecule has 188 valence electrons. The van der Waals surface area contributed by atoms with Crippen LogP contribution in [0, 0.1) is 6.92 Å². The number of carbonyl (C=O) groups is 1. The molecule has 37 heavy (non-hydrogen) atoms. The van der Waals surface area contributed by atoms with Crippen molar-refractivity contribution in [3.05, 3.63) is 96.1 Å². The van der Waals surface area contributed by atoms with E-state index < -0.39 is 10.0 Å². The highest BCUT2D eigenvalue weighted by molar-refractivity contribution is 7.92. The number of anilines is 2. The molecule has 0 saturated heterocycles. The van der Waals surface area contributed by atoms with Gasteiger partial charge in [0.2, 0.25) is 0 Å². The van der Waals surface area contributed by atoms with Crippen molar-refractivity contribution in [2.75, 3.05) is 17.1 Å². The summed E-state index contributed by atoms with van der Waals surface area (Å²) in [6.07, 6.45) is 0. The molecule has 1 aromatic heterocycles. The molecule has 0 aliphatic carbocycles. The van der Waals surface area contributed by atoms with Gasteiger partial charge in [0.1, 0.15) is 5.75 Å². The van der Waals surface area contributed by atoms with Crippen LogP contribution in [0.25, 0.3) is 21.8 Å². The number of aromatic nitrogens is 1. The van der Waals surface area contributed by atoms with Gasteiger partial charge in [0.05, 0.1) is 17.7 Å². The molecule has 0 saturated carbocycles. The van der Waals surface area contributed by atoms with Gasteiger partial charge in [0, 0.05) is 39.6 Å². The van der Waals surface area contributed by atoms with Gasteiger partial charge in [0.25, 0.3) is 15.9 Å². The van der Waals surface area contributed by atoms with Gasteiger partial charge in [-0.15, -0.1) is 0 Å². The van der Waals surface area contributed by atoms with Crippen LogP contribution in [0.5, 0.6) is 5.75 Å². The summed E-state index contributed by atoms with van der Waals surface area (Å²) in [6.45, 7) is 4.82. The number of ether oxygens (including phenoxy) is 1. The summed E-state index contributed by atoms with van der Waals surface area (Å²) in [4.78, 5) is 12.8. The summed E-state index contributed by atoms with van der Waals surface area (Å²) >= 11 is 0. The van der Waals surface area contributed by atoms with E-state index in [1.54, 1.807) is 18.2 Å². The Morgan fingerprint density at radius 3 is 2.35 bits per heavy atom. The minimum atomic E-state index is -3.95. The van der Waals surface area contributed by atoms with Crippen LogP contribution in [0.15, 0.2) is 89.8 Å². The zero-order valence-electron chi connectivity index (χ0n) is 20.8. The zero-order chi connectivity index (χ0) is 26.2. The molecule has 0 aliphatic rings. The molecule has 0 radical (unpaired) electrons. The number of hydrogen-bond donors (Lipinski definition) is 2. The first-order valence-electron chi connectivity index (χ1n) is 11.9. The highest BCUT2D eigenvalue weighted by Crippen LogP contribution is 2.33. The fraction of sp³-hybridized carbons (Fsp3) is 0.138. The number of hydrogen-bond acceptors (Lipinski definition) is 4. The van der Waals surface area contributed by atoms with E-state index in [4.69, 9.17) is 4.74 Å². The molecule has 1 amide bonds. The first kappa shape index (κ1) is 24.4. The summed E-state index contributed by atoms with van der Waals surface area (Å²) in [5.41, 5.74) is 4.34. The smallest absolute Gasteiger partial charge is 0.261 e. The van der Waals surface area contributed by atoms with E-state index in [0.29, 0.717) is 17.0 Å². The van der Waals surface area contributed by atoms with E-state index in [1.165, 1.54) is 25.3 Å². The molecule has 5 aromatic rings. The van der Waals surface area contributed by atoms with Crippen molar-refractivity contribution in [1.29, 1.82) is 0 Å². The Morgan fingerprint density at radius 2 is 1.62 bits per heavy atom. The van der Waals surface area contributed by atoms with Crippen LogP contribution in [0.3, 0.4) is 0 Å². The van der Waals surface area contributed by atoms with Crippen molar-refractivity contribution in [1.82, 2.24) is 4.57 Å². The van der Waals surface area contributed by atoms with Crippen LogP contribution in [0.1, 0.15) is 22.8 Å². The molecule has 4 aromatic carbocycles. The number of rotatable bonds is 7. The molecule has 0 bridgehead atoms. The molecule has 0 unspecified atom stereocenters. The van der Waals surface area contributed by atoms with Crippen molar-refractivity contribution >= 4 is 49.1 Å². The number of methoxy groups -OCH3 is 1. The standard InChI is InChI=1S/C29H27N3O4S/c1-4-32-26-8-6-5-7-23(26)24-17-21(13-15-27(24)32)31-37(34,35)22-14-16-28(36-3)25(18-22)30-29(33)20-11-9-19(2)10-12-20/h5-18,31H,4H2,1-3H3,(H,30,33). The van der Waals surface area contributed by atoms with Gasteiger partial charge < -0.3 is 14.6 Å². The average Bonchev–Trinajstić information content (AvgIpc) is 3.21. The Bertz CT molecular complexity index is 1740. The topological polar surface area (TPSA) is 89.4 Å². The highest BCUT2D eigenvalue weighted by Gasteiger charge is 2.19. The number of nitrogens with one attached hydrogen (secondary N) is 2. The third-order valence-corrected chi connectivity index (χ3v) is 7.76. The van der Waals surface area contributed by atoms with E-state index in [1.807, 2.05) is 49.4 Å². The largest absolute Gasteiger partial charge is 0.495 e. The summed E-state index contributed by atoms with van der Waals surface area (Å²) in [5, 5.41) is 4.80. The molecule has 0 fully saturated rings. The number of aryl methyl sites for hydroxylation is 2. The highest BCUT2D eigenvalue weighted by atomic mass is 32.2. The summed E-state index contributed by atoms with van der Waals surface area (Å²) in [5.74, 6) is -0.00761. The minimum Gasteiger partial charge on any atom is -0.495 e. The monoisotopic (exact) mass is 513 g/mol. The third kappa shape index (κ3) is 4.63. The fourth-order valence-electron chi connectivity index (χ4n) is 4.52. The second kappa shape index (κ2) is 9.63. The van der Waals surface area contributed by atoms with Crippen molar-refractivity contribution < 1.29 is 17.9 Å². The summed E-state index contributed by atoms with van der Waals surface area (Å²) < 4.78 is 36.9. The van der Waals surface area contributed by atoms with Gasteiger partial charge in [-0.3, -0.25) is 9.52 Å². The Morgan fingerprint density at radius 1 is 0.892 bits per heavy atom. The van der Waals surface area contributed by atoms with Crippen LogP contribution in [-0.2, 0) is 16.6 Å². The molecule has 7 nitrogen and oxygen atoms in total. The summed E-state index contributed by atoms with van der Waals surface area (Å²) in [7, 11) is -2.49. The number of fused-ring (bicyclic) bond motifs is 3. The maximum absolute atomic E-state index is 13.3. The van der Waals surface area contributed by atoms with Crippen LogP contribution < -0.4 is 14.8 Å². The van der Waals surface area contributed by atoms with Gasteiger partial charge in [-0.1, -0.05) is 35.9 Å². The first-order valence-corrected chi connectivity index (χ1v) is 13.4. The molecule has 8 heteroatoms. The number of benzene rings is 4. The van der Waals surface area contributed by atoms with Crippen molar-refractivity contribution in [2.24, 2.45) is 0 Å². The molecule has 0 atom stereocenters. The Hall–Kier alpha value is -4.30. The lowest BCUT2D eigenvalue weighted by Crippen LogP contribution is -2.16. The second-order valence-corrected chi connectivity index (χ2v) is 10.5. The van der Waals surface area contributed by atoms with Crippen LogP contribution in [0.4, 0.5) is 11.4 Å². The fourth-order valence-corrected chi connectivity index (χ4v) is 5.60. The van der Waals surface area contributed by atoms with Crippen molar-refractivity contribution in [2.45, 2.75) is 25.3 Å². The van der Waals surface area contributed by atoms with Gasteiger partial charge in [-0.05, 0) is 68.4 Å². The van der Waals surface area contributed by atoms with E-state index in [9.17, 15) is 13.2 Å². The molecule has 0 aliphatic heterocycles. The van der Waals surface area contributed by atoms with Crippen molar-refractivity contribution in [3.63, 3.8) is 0 Å². The Labute approximate surface area is 215 Å². The summed E-state index contributed by atoms with van der Waals surface area (Å²) in [6, 6.07) is 25.1. The van der Waals surface area contributed by atoms with Gasteiger partial charge in [-0.25, -0.2) is 8.42 Å². The molecular formula is C29H27N3O4S. The average molecular weight is 514 g/mol. The normalized spacial score (nSPS) is 11.5. The predicted octanol–water partition coefficient (Wildman–Crippen LogP) is 6.18. The van der Waals surface area contributed by atoms with E-state index in [-0.39, 0.29) is 16.5 Å². The molecule has 2 N–H and O–H groups in total. The zero-order valence-corrected chi connectivity index (χ0v) is 21.6. The van der Waals surface area contributed by atoms with E-state index in [0.717, 1.165) is 33.9 Å². The number of para-hydroxylation sites is 1. The third-order valence-electron chi connectivity index (χ3n) is 6.38. The molecule has 0 spiro atoms. The van der Waals surface area contributed by atoms with Gasteiger partial charge in [-0.2, -0.15) is 0 Å². The molecule has 5 rings (SSSR count). The number of sulfonamides is 1. The number of nitrogens with zero attached hydrogens (tertiary/aromatic N) is 1. The quantitative estimate of drug-likeness (QED) is 0.272. The Kier molecular flexibility index (Phi) is 6.35. The van der Waals surface area contributed by atoms with Crippen LogP contribution in [0.2, 0.25) is 0 Å². The minimum absolute atomic E-state index is 0.00332. The van der Waals surface area contributed by atoms with E-state index in [2.05, 4.69) is 27.6 Å². The number of carbonyl (C=O) groups excluding carboxylic acids is 1. The molecule has 1 heterocycles. The van der Waals surface area contributed by atoms with Crippen LogP contribution >= 0.6 is 0 Å². The molecular weight excluding hydrogens is 486 g/mol. The maximum Gasteiger partial charge on any atom is 0.261 e. The predicted molar refractivity (Wildman–Crippen MR) is 148 cm³/mol. The maximum atomic E-state index is 13.3. The first-order chi connectivity index (χ1) is 17.8. The van der Waals surface area contributed by atoms with Crippen LogP contribution in [-0.4, -0.2) is 26.0 Å². The lowest BCUT2D eigenvalue weighted by atomic mass is 10.1. The Balaban J connectivity index is 1.47. The second-order valence-electron chi connectivity index (χ2n) is 8.78. The lowest BCUT2D eigenvalue weighted by molar-refractivity contribution is 0.102. The number of amides is 1. The van der Waals surface area contributed by atoms with Gasteiger partial charge in [0.15, 0.2) is 0 Å². The van der Waals surface area contributed by atoms with Crippen molar-refractivity contribution in [3.8, 4) is 5.75 Å². The SMILES string of the molecule is CCn1c2ccccc2c2cc(NS(=O)(=O)c3ccc(OC)c(NC(=O)c4ccc(C)cc4)c3)ccc21. The van der Waals surface area contributed by atoms with E-state index >= 15 is 0 Å². The van der Waals surface area contributed by atoms with Gasteiger partial charge >= 0.3 is 0 Å².